The molecular formula is C27H32F3N3O2. The van der Waals surface area contributed by atoms with Crippen LogP contribution >= 0.6 is 0 Å². The number of aromatic nitrogens is 1. The van der Waals surface area contributed by atoms with Crippen molar-refractivity contribution in [1.82, 2.24) is 14.8 Å². The SMILES string of the molecule is C[C@@H]1Cc2c([nH]c3ccccc23)[C@@H](c2c(F)cc(OCCN3CC(CF)C3)cc2F)N1CCCO. The van der Waals surface area contributed by atoms with E-state index in [1.807, 2.05) is 24.3 Å². The molecule has 2 aliphatic rings. The number of H-pyrrole nitrogens is 1. The number of benzene rings is 2. The molecule has 188 valence electrons. The Hall–Kier alpha value is -2.55. The number of ether oxygens (including phenoxy) is 1. The fourth-order valence-corrected chi connectivity index (χ4v) is 5.58. The van der Waals surface area contributed by atoms with Gasteiger partial charge in [0, 0.05) is 79.0 Å². The lowest BCUT2D eigenvalue weighted by atomic mass is 9.88. The quantitative estimate of drug-likeness (QED) is 0.469. The van der Waals surface area contributed by atoms with E-state index in [0.29, 0.717) is 32.6 Å². The summed E-state index contributed by atoms with van der Waals surface area (Å²) in [5.41, 5.74) is 2.82. The van der Waals surface area contributed by atoms with Crippen LogP contribution in [-0.2, 0) is 6.42 Å². The van der Waals surface area contributed by atoms with Gasteiger partial charge in [0.05, 0.1) is 12.7 Å². The molecule has 0 radical (unpaired) electrons. The summed E-state index contributed by atoms with van der Waals surface area (Å²) in [4.78, 5) is 7.56. The van der Waals surface area contributed by atoms with E-state index in [1.165, 1.54) is 12.1 Å². The topological polar surface area (TPSA) is 51.7 Å². The molecule has 0 unspecified atom stereocenters. The highest BCUT2D eigenvalue weighted by atomic mass is 19.1. The largest absolute Gasteiger partial charge is 0.492 e. The maximum atomic E-state index is 15.6. The number of aliphatic hydroxyl groups excluding tert-OH is 1. The second-order valence-corrected chi connectivity index (χ2v) is 9.76. The summed E-state index contributed by atoms with van der Waals surface area (Å²) in [6, 6.07) is 9.84. The normalized spacial score (nSPS) is 21.3. The first kappa shape index (κ1) is 24.2. The first-order chi connectivity index (χ1) is 17.0. The van der Waals surface area contributed by atoms with E-state index in [4.69, 9.17) is 4.74 Å². The predicted molar refractivity (Wildman–Crippen MR) is 129 cm³/mol. The van der Waals surface area contributed by atoms with Crippen LogP contribution in [0.3, 0.4) is 0 Å². The molecule has 35 heavy (non-hydrogen) atoms. The maximum Gasteiger partial charge on any atom is 0.135 e. The van der Waals surface area contributed by atoms with Gasteiger partial charge < -0.3 is 14.8 Å². The fourth-order valence-electron chi connectivity index (χ4n) is 5.58. The van der Waals surface area contributed by atoms with Crippen LogP contribution in [0.4, 0.5) is 13.2 Å². The lowest BCUT2D eigenvalue weighted by Gasteiger charge is -2.41. The molecule has 3 heterocycles. The number of aliphatic hydroxyl groups is 1. The van der Waals surface area contributed by atoms with Gasteiger partial charge in [-0.15, -0.1) is 0 Å². The van der Waals surface area contributed by atoms with Gasteiger partial charge in [0.15, 0.2) is 0 Å². The summed E-state index contributed by atoms with van der Waals surface area (Å²) in [6.07, 6.45) is 1.27. The van der Waals surface area contributed by atoms with Crippen molar-refractivity contribution in [3.63, 3.8) is 0 Å². The number of para-hydroxylation sites is 1. The predicted octanol–water partition coefficient (Wildman–Crippen LogP) is 4.44. The second-order valence-electron chi connectivity index (χ2n) is 9.76. The van der Waals surface area contributed by atoms with Crippen molar-refractivity contribution in [2.24, 2.45) is 5.92 Å². The van der Waals surface area contributed by atoms with Crippen molar-refractivity contribution in [2.75, 3.05) is 46.1 Å². The molecular weight excluding hydrogens is 455 g/mol. The molecule has 0 bridgehead atoms. The van der Waals surface area contributed by atoms with Crippen LogP contribution in [0.1, 0.15) is 36.2 Å². The molecule has 0 aliphatic carbocycles. The van der Waals surface area contributed by atoms with Crippen molar-refractivity contribution in [2.45, 2.75) is 31.8 Å². The van der Waals surface area contributed by atoms with Gasteiger partial charge in [-0.05, 0) is 31.4 Å². The third kappa shape index (κ3) is 4.67. The number of likely N-dealkylation sites (tertiary alicyclic amines) is 1. The molecule has 8 heteroatoms. The van der Waals surface area contributed by atoms with Crippen LogP contribution in [0.25, 0.3) is 10.9 Å². The zero-order chi connectivity index (χ0) is 24.5. The molecule has 2 atom stereocenters. The van der Waals surface area contributed by atoms with E-state index in [9.17, 15) is 9.50 Å². The number of hydrogen-bond donors (Lipinski definition) is 2. The van der Waals surface area contributed by atoms with Gasteiger partial charge in [0.2, 0.25) is 0 Å². The summed E-state index contributed by atoms with van der Waals surface area (Å²) in [5.74, 6) is -1.07. The average molecular weight is 488 g/mol. The van der Waals surface area contributed by atoms with Gasteiger partial charge in [-0.1, -0.05) is 18.2 Å². The number of halogens is 3. The summed E-state index contributed by atoms with van der Waals surface area (Å²) < 4.78 is 49.4. The van der Waals surface area contributed by atoms with Crippen LogP contribution in [0.5, 0.6) is 5.75 Å². The van der Waals surface area contributed by atoms with Gasteiger partial charge in [0.25, 0.3) is 0 Å². The minimum atomic E-state index is -0.654. The molecule has 0 saturated carbocycles. The third-order valence-electron chi connectivity index (χ3n) is 7.35. The van der Waals surface area contributed by atoms with Crippen molar-refractivity contribution < 1.29 is 23.0 Å². The zero-order valence-corrected chi connectivity index (χ0v) is 19.9. The van der Waals surface area contributed by atoms with E-state index >= 15 is 8.78 Å². The smallest absolute Gasteiger partial charge is 0.135 e. The van der Waals surface area contributed by atoms with Gasteiger partial charge in [-0.25, -0.2) is 8.78 Å². The molecule has 2 aromatic carbocycles. The van der Waals surface area contributed by atoms with Crippen molar-refractivity contribution in [3.05, 3.63) is 64.9 Å². The van der Waals surface area contributed by atoms with Crippen LogP contribution in [0, 0.1) is 17.6 Å². The minimum absolute atomic E-state index is 0.0103. The molecule has 2 aliphatic heterocycles. The minimum Gasteiger partial charge on any atom is -0.492 e. The number of rotatable bonds is 9. The summed E-state index contributed by atoms with van der Waals surface area (Å²) in [5, 5.41) is 10.5. The number of nitrogens with one attached hydrogen (secondary N) is 1. The van der Waals surface area contributed by atoms with Crippen LogP contribution < -0.4 is 4.74 Å². The number of nitrogens with zero attached hydrogens (tertiary/aromatic N) is 2. The Bertz CT molecular complexity index is 1150. The number of aromatic amines is 1. The second kappa shape index (κ2) is 10.2. The molecule has 5 rings (SSSR count). The molecule has 1 aromatic heterocycles. The Morgan fingerprint density at radius 2 is 1.86 bits per heavy atom. The summed E-state index contributed by atoms with van der Waals surface area (Å²) in [6.45, 7) is 4.53. The molecule has 2 N–H and O–H groups in total. The van der Waals surface area contributed by atoms with Crippen molar-refractivity contribution in [1.29, 1.82) is 0 Å². The summed E-state index contributed by atoms with van der Waals surface area (Å²) in [7, 11) is 0. The molecule has 1 fully saturated rings. The maximum absolute atomic E-state index is 15.6. The number of fused-ring (bicyclic) bond motifs is 3. The first-order valence-corrected chi connectivity index (χ1v) is 12.4. The van der Waals surface area contributed by atoms with Crippen LogP contribution in [0.15, 0.2) is 36.4 Å². The van der Waals surface area contributed by atoms with Gasteiger partial charge >= 0.3 is 0 Å². The number of hydrogen-bond acceptors (Lipinski definition) is 4. The van der Waals surface area contributed by atoms with Crippen molar-refractivity contribution in [3.8, 4) is 5.75 Å². The van der Waals surface area contributed by atoms with E-state index in [0.717, 1.165) is 28.6 Å². The Labute approximate surface area is 203 Å². The monoisotopic (exact) mass is 487 g/mol. The van der Waals surface area contributed by atoms with Crippen molar-refractivity contribution >= 4 is 10.9 Å². The van der Waals surface area contributed by atoms with Gasteiger partial charge in [-0.2, -0.15) is 0 Å². The molecule has 5 nitrogen and oxygen atoms in total. The number of alkyl halides is 1. The molecule has 3 aromatic rings. The highest BCUT2D eigenvalue weighted by molar-refractivity contribution is 5.85. The Morgan fingerprint density at radius 3 is 2.57 bits per heavy atom. The highest BCUT2D eigenvalue weighted by Gasteiger charge is 2.38. The average Bonchev–Trinajstić information content (AvgIpc) is 3.17. The fraction of sp³-hybridized carbons (Fsp3) is 0.481. The lowest BCUT2D eigenvalue weighted by Crippen LogP contribution is -2.49. The summed E-state index contributed by atoms with van der Waals surface area (Å²) >= 11 is 0. The lowest BCUT2D eigenvalue weighted by molar-refractivity contribution is 0.0667. The van der Waals surface area contributed by atoms with Crippen LogP contribution in [0.2, 0.25) is 0 Å². The Balaban J connectivity index is 1.44. The molecule has 1 saturated heterocycles. The van der Waals surface area contributed by atoms with E-state index in [1.54, 1.807) is 0 Å². The molecule has 0 spiro atoms. The van der Waals surface area contributed by atoms with E-state index < -0.39 is 17.7 Å². The first-order valence-electron chi connectivity index (χ1n) is 12.4. The Kier molecular flexibility index (Phi) is 7.05. The van der Waals surface area contributed by atoms with Gasteiger partial charge in [-0.3, -0.25) is 14.2 Å². The van der Waals surface area contributed by atoms with Gasteiger partial charge in [0.1, 0.15) is 24.0 Å². The van der Waals surface area contributed by atoms with Crippen LogP contribution in [-0.4, -0.2) is 72.0 Å². The molecule has 0 amide bonds. The van der Waals surface area contributed by atoms with E-state index in [2.05, 4.69) is 21.7 Å². The highest BCUT2D eigenvalue weighted by Crippen LogP contribution is 2.43. The van der Waals surface area contributed by atoms with E-state index in [-0.39, 0.29) is 43.2 Å². The third-order valence-corrected chi connectivity index (χ3v) is 7.35. The Morgan fingerprint density at radius 1 is 1.11 bits per heavy atom. The standard InChI is InChI=1S/C27H32F3N3O2/c1-17-11-21-20-5-2-3-6-24(20)31-26(21)27(33(17)7-4-9-34)25-22(29)12-19(13-23(25)30)35-10-8-32-15-18(14-28)16-32/h2-3,5-6,12-13,17-18,27,31,34H,4,7-11,14-16H2,1H3/t17-,27-/m1/s1. The zero-order valence-electron chi connectivity index (χ0n) is 19.9.